The Labute approximate surface area is 195 Å². The predicted octanol–water partition coefficient (Wildman–Crippen LogP) is 4.56. The number of benzene rings is 2. The molecule has 2 aromatic carbocycles. The molecule has 3 aromatic rings. The van der Waals surface area contributed by atoms with Gasteiger partial charge >= 0.3 is 0 Å². The maximum Gasteiger partial charge on any atom is 0.243 e. The van der Waals surface area contributed by atoms with Crippen LogP contribution in [0.15, 0.2) is 47.1 Å². The minimum absolute atomic E-state index is 0.122. The summed E-state index contributed by atoms with van der Waals surface area (Å²) in [6, 6.07) is 11.0. The van der Waals surface area contributed by atoms with Crippen LogP contribution >= 0.6 is 27.5 Å². The molecule has 0 unspecified atom stereocenters. The summed E-state index contributed by atoms with van der Waals surface area (Å²) in [4.78, 5) is 18.6. The number of halogens is 2. The largest absolute Gasteiger partial charge is 0.361 e. The molecule has 0 radical (unpaired) electrons. The number of likely N-dealkylation sites (N-methyl/N-ethyl adjacent to an activating group) is 1. The Balaban J connectivity index is 2.00. The number of nitrogens with zero attached hydrogens (tertiary/aromatic N) is 1. The second-order valence-corrected chi connectivity index (χ2v) is 12.6. The average Bonchev–Trinajstić information content (AvgIpc) is 3.18. The van der Waals surface area contributed by atoms with E-state index in [2.05, 4.69) is 25.6 Å². The van der Waals surface area contributed by atoms with Gasteiger partial charge in [0.25, 0.3) is 0 Å². The van der Waals surface area contributed by atoms with Crippen molar-refractivity contribution in [1.82, 2.24) is 9.71 Å². The lowest BCUT2D eigenvalue weighted by Crippen LogP contribution is -2.51. The van der Waals surface area contributed by atoms with Crippen molar-refractivity contribution in [2.24, 2.45) is 0 Å². The van der Waals surface area contributed by atoms with Gasteiger partial charge in [-0.05, 0) is 68.3 Å². The maximum absolute atomic E-state index is 13.8. The van der Waals surface area contributed by atoms with E-state index in [1.165, 1.54) is 0 Å². The molecule has 0 saturated carbocycles. The van der Waals surface area contributed by atoms with Crippen molar-refractivity contribution in [3.63, 3.8) is 0 Å². The Morgan fingerprint density at radius 3 is 2.55 bits per heavy atom. The number of aromatic amines is 1. The summed E-state index contributed by atoms with van der Waals surface area (Å²) < 4.78 is 28.4. The molecule has 0 spiro atoms. The number of hydrogen-bond donors (Lipinski definition) is 2. The zero-order valence-corrected chi connectivity index (χ0v) is 20.7. The number of carbonyl (C=O) groups is 1. The minimum atomic E-state index is -3.70. The third-order valence-electron chi connectivity index (χ3n) is 5.89. The Bertz CT molecular complexity index is 1310. The molecule has 164 valence electrons. The fourth-order valence-electron chi connectivity index (χ4n) is 4.05. The van der Waals surface area contributed by atoms with Crippen LogP contribution < -0.4 is 9.62 Å². The van der Waals surface area contributed by atoms with E-state index in [1.807, 2.05) is 18.2 Å². The minimum Gasteiger partial charge on any atom is -0.361 e. The number of anilines is 1. The van der Waals surface area contributed by atoms with Gasteiger partial charge in [-0.3, -0.25) is 4.79 Å². The van der Waals surface area contributed by atoms with Gasteiger partial charge in [-0.2, -0.15) is 0 Å². The third-order valence-corrected chi connectivity index (χ3v) is 8.75. The van der Waals surface area contributed by atoms with Crippen LogP contribution in [0.25, 0.3) is 10.9 Å². The van der Waals surface area contributed by atoms with E-state index < -0.39 is 20.2 Å². The Morgan fingerprint density at radius 2 is 1.87 bits per heavy atom. The summed E-state index contributed by atoms with van der Waals surface area (Å²) in [5.74, 6) is -0.220. The van der Waals surface area contributed by atoms with Gasteiger partial charge in [0.05, 0.1) is 4.75 Å². The molecule has 1 amide bonds. The Hall–Kier alpha value is -1.87. The summed E-state index contributed by atoms with van der Waals surface area (Å²) in [6.45, 7) is 4.75. The lowest BCUT2D eigenvalue weighted by atomic mass is 9.75. The number of aromatic nitrogens is 1. The first-order valence-electron chi connectivity index (χ1n) is 9.73. The van der Waals surface area contributed by atoms with Crippen molar-refractivity contribution < 1.29 is 13.2 Å². The normalized spacial score (nSPS) is 19.3. The molecule has 0 saturated heterocycles. The summed E-state index contributed by atoms with van der Waals surface area (Å²) in [6.07, 6.45) is 1.78. The summed E-state index contributed by atoms with van der Waals surface area (Å²) in [5, 5.41) is 1.31. The molecule has 2 heterocycles. The van der Waals surface area contributed by atoms with Gasteiger partial charge in [-0.1, -0.05) is 27.5 Å². The average molecular weight is 525 g/mol. The van der Waals surface area contributed by atoms with Crippen LogP contribution in [0.2, 0.25) is 5.02 Å². The van der Waals surface area contributed by atoms with Gasteiger partial charge in [0, 0.05) is 45.9 Å². The van der Waals surface area contributed by atoms with Crippen LogP contribution in [0, 0.1) is 0 Å². The Kier molecular flexibility index (Phi) is 5.28. The molecule has 0 bridgehead atoms. The summed E-state index contributed by atoms with van der Waals surface area (Å²) in [5.41, 5.74) is 1.64. The molecule has 1 atom stereocenters. The molecular formula is C22H23BrClN3O3S. The highest BCUT2D eigenvalue weighted by atomic mass is 79.9. The number of sulfonamides is 1. The molecule has 1 aromatic heterocycles. The SMILES string of the molecule is CN1C(=O)[C@@](CNS(=O)(=O)C(C)(C)C)(c2c[nH]c3ccc(Br)cc23)c2cc(Cl)ccc21. The monoisotopic (exact) mass is 523 g/mol. The van der Waals surface area contributed by atoms with Crippen LogP contribution in [-0.4, -0.2) is 37.6 Å². The van der Waals surface area contributed by atoms with Crippen LogP contribution in [0.1, 0.15) is 31.9 Å². The molecule has 31 heavy (non-hydrogen) atoms. The van der Waals surface area contributed by atoms with E-state index in [1.54, 1.807) is 57.1 Å². The number of amides is 1. The van der Waals surface area contributed by atoms with E-state index in [9.17, 15) is 13.2 Å². The van der Waals surface area contributed by atoms with Crippen molar-refractivity contribution in [2.75, 3.05) is 18.5 Å². The number of rotatable bonds is 4. The first-order chi connectivity index (χ1) is 14.4. The zero-order chi connectivity index (χ0) is 22.8. The van der Waals surface area contributed by atoms with E-state index in [4.69, 9.17) is 11.6 Å². The third kappa shape index (κ3) is 3.40. The van der Waals surface area contributed by atoms with Crippen LogP contribution in [-0.2, 0) is 20.2 Å². The molecule has 1 aliphatic heterocycles. The zero-order valence-electron chi connectivity index (χ0n) is 17.6. The molecule has 1 aliphatic rings. The fraction of sp³-hybridized carbons (Fsp3) is 0.318. The number of hydrogen-bond acceptors (Lipinski definition) is 3. The number of carbonyl (C=O) groups excluding carboxylic acids is 1. The topological polar surface area (TPSA) is 82.3 Å². The molecule has 6 nitrogen and oxygen atoms in total. The molecule has 9 heteroatoms. The van der Waals surface area contributed by atoms with Gasteiger partial charge in [0.1, 0.15) is 5.41 Å². The predicted molar refractivity (Wildman–Crippen MR) is 128 cm³/mol. The van der Waals surface area contributed by atoms with Crippen LogP contribution in [0.4, 0.5) is 5.69 Å². The second-order valence-electron chi connectivity index (χ2n) is 8.76. The van der Waals surface area contributed by atoms with Gasteiger partial charge in [0.15, 0.2) is 0 Å². The highest BCUT2D eigenvalue weighted by Crippen LogP contribution is 2.48. The lowest BCUT2D eigenvalue weighted by molar-refractivity contribution is -0.121. The van der Waals surface area contributed by atoms with Gasteiger partial charge < -0.3 is 9.88 Å². The fourth-order valence-corrected chi connectivity index (χ4v) is 5.42. The van der Waals surface area contributed by atoms with Gasteiger partial charge in [0.2, 0.25) is 15.9 Å². The molecule has 0 aliphatic carbocycles. The molecule has 0 fully saturated rings. The first-order valence-corrected chi connectivity index (χ1v) is 12.4. The standard InChI is InChI=1S/C22H23BrClN3O3S/c1-21(2,3)31(29,30)26-12-22(17-11-25-18-7-5-13(23)9-15(17)18)16-10-14(24)6-8-19(16)27(4)20(22)28/h5-11,25-26H,12H2,1-4H3/t22-/m1/s1. The summed E-state index contributed by atoms with van der Waals surface area (Å²) >= 11 is 9.83. The number of fused-ring (bicyclic) bond motifs is 2. The second kappa shape index (κ2) is 7.33. The lowest BCUT2D eigenvalue weighted by Gasteiger charge is -2.30. The highest BCUT2D eigenvalue weighted by Gasteiger charge is 2.53. The number of nitrogens with one attached hydrogen (secondary N) is 2. The quantitative estimate of drug-likeness (QED) is 0.525. The molecule has 4 rings (SSSR count). The maximum atomic E-state index is 13.8. The number of H-pyrrole nitrogens is 1. The van der Waals surface area contributed by atoms with Crippen molar-refractivity contribution >= 4 is 60.1 Å². The van der Waals surface area contributed by atoms with E-state index in [0.717, 1.165) is 15.4 Å². The molecule has 2 N–H and O–H groups in total. The van der Waals surface area contributed by atoms with Crippen LogP contribution in [0.3, 0.4) is 0 Å². The van der Waals surface area contributed by atoms with E-state index >= 15 is 0 Å². The van der Waals surface area contributed by atoms with Crippen LogP contribution in [0.5, 0.6) is 0 Å². The van der Waals surface area contributed by atoms with Crippen molar-refractivity contribution in [3.8, 4) is 0 Å². The van der Waals surface area contributed by atoms with Gasteiger partial charge in [-0.15, -0.1) is 0 Å². The van der Waals surface area contributed by atoms with E-state index in [-0.39, 0.29) is 12.5 Å². The smallest absolute Gasteiger partial charge is 0.243 e. The van der Waals surface area contributed by atoms with Crippen molar-refractivity contribution in [3.05, 3.63) is 63.2 Å². The molecular weight excluding hydrogens is 502 g/mol. The van der Waals surface area contributed by atoms with Crippen molar-refractivity contribution in [1.29, 1.82) is 0 Å². The Morgan fingerprint density at radius 1 is 1.16 bits per heavy atom. The summed E-state index contributed by atoms with van der Waals surface area (Å²) in [7, 11) is -2.01. The highest BCUT2D eigenvalue weighted by molar-refractivity contribution is 9.10. The van der Waals surface area contributed by atoms with Crippen molar-refractivity contribution in [2.45, 2.75) is 30.9 Å². The first kappa shape index (κ1) is 22.3. The van der Waals surface area contributed by atoms with E-state index in [0.29, 0.717) is 21.8 Å². The van der Waals surface area contributed by atoms with Gasteiger partial charge in [-0.25, -0.2) is 13.1 Å².